The van der Waals surface area contributed by atoms with Gasteiger partial charge in [0.1, 0.15) is 5.56 Å². The van der Waals surface area contributed by atoms with Gasteiger partial charge < -0.3 is 4.90 Å². The summed E-state index contributed by atoms with van der Waals surface area (Å²) >= 11 is 0. The zero-order valence-corrected chi connectivity index (χ0v) is 16.8. The molecule has 2 heterocycles. The Bertz CT molecular complexity index is 1010. The van der Waals surface area contributed by atoms with Crippen molar-refractivity contribution >= 4 is 5.95 Å². The van der Waals surface area contributed by atoms with Crippen LogP contribution < -0.4 is 10.5 Å². The minimum absolute atomic E-state index is 0.153. The Hall–Kier alpha value is -3.05. The van der Waals surface area contributed by atoms with E-state index in [1.807, 2.05) is 39.0 Å². The van der Waals surface area contributed by atoms with Crippen LogP contribution in [0.1, 0.15) is 56.7 Å². The Morgan fingerprint density at radius 1 is 1.11 bits per heavy atom. The first-order valence-electron chi connectivity index (χ1n) is 9.75. The first kappa shape index (κ1) is 19.7. The van der Waals surface area contributed by atoms with Crippen molar-refractivity contribution < 1.29 is 0 Å². The third-order valence-electron chi connectivity index (χ3n) is 4.70. The topological polar surface area (TPSA) is 61.9 Å². The third kappa shape index (κ3) is 4.61. The summed E-state index contributed by atoms with van der Waals surface area (Å²) in [6, 6.07) is 9.60. The van der Waals surface area contributed by atoms with Gasteiger partial charge >= 0.3 is 0 Å². The van der Waals surface area contributed by atoms with E-state index in [4.69, 9.17) is 0 Å². The van der Waals surface area contributed by atoms with Crippen LogP contribution in [0.15, 0.2) is 35.3 Å². The summed E-state index contributed by atoms with van der Waals surface area (Å²) in [6.45, 7) is 8.12. The van der Waals surface area contributed by atoms with Crippen LogP contribution in [0, 0.1) is 28.6 Å². The van der Waals surface area contributed by atoms with Gasteiger partial charge in [0.25, 0.3) is 5.56 Å². The van der Waals surface area contributed by atoms with Gasteiger partial charge in [0.15, 0.2) is 0 Å². The molecule has 0 radical (unpaired) electrons. The molecular formula is C23H26N4O. The van der Waals surface area contributed by atoms with E-state index in [0.29, 0.717) is 23.6 Å². The zero-order chi connectivity index (χ0) is 20.1. The summed E-state index contributed by atoms with van der Waals surface area (Å²) in [7, 11) is 0. The van der Waals surface area contributed by atoms with Crippen molar-refractivity contribution in [1.29, 1.82) is 5.26 Å². The molecule has 0 saturated carbocycles. The smallest absolute Gasteiger partial charge is 0.270 e. The highest BCUT2D eigenvalue weighted by Crippen LogP contribution is 2.19. The number of hydrogen-bond donors (Lipinski definition) is 0. The monoisotopic (exact) mass is 374 g/mol. The molecule has 28 heavy (non-hydrogen) atoms. The van der Waals surface area contributed by atoms with Crippen LogP contribution in [-0.4, -0.2) is 22.6 Å². The molecule has 1 aliphatic rings. The van der Waals surface area contributed by atoms with Gasteiger partial charge in [-0.15, -0.1) is 0 Å². The van der Waals surface area contributed by atoms with E-state index in [0.717, 1.165) is 31.5 Å². The number of piperidine rings is 1. The molecule has 0 unspecified atom stereocenters. The maximum absolute atomic E-state index is 13.3. The number of anilines is 1. The molecular weight excluding hydrogens is 348 g/mol. The van der Waals surface area contributed by atoms with E-state index >= 15 is 0 Å². The van der Waals surface area contributed by atoms with Gasteiger partial charge in [0, 0.05) is 18.5 Å². The molecule has 2 aromatic rings. The lowest BCUT2D eigenvalue weighted by Gasteiger charge is -2.29. The fourth-order valence-electron chi connectivity index (χ4n) is 3.25. The van der Waals surface area contributed by atoms with Crippen LogP contribution in [-0.2, 0) is 6.54 Å². The molecule has 1 aromatic carbocycles. The first-order valence-corrected chi connectivity index (χ1v) is 9.75. The molecule has 5 heteroatoms. The van der Waals surface area contributed by atoms with Crippen molar-refractivity contribution in [3.8, 4) is 17.9 Å². The third-order valence-corrected chi connectivity index (χ3v) is 4.70. The highest BCUT2D eigenvalue weighted by atomic mass is 16.1. The Balaban J connectivity index is 2.10. The zero-order valence-electron chi connectivity index (χ0n) is 16.8. The molecule has 3 rings (SSSR count). The molecule has 0 spiro atoms. The Morgan fingerprint density at radius 2 is 1.82 bits per heavy atom. The van der Waals surface area contributed by atoms with E-state index in [1.54, 1.807) is 16.8 Å². The average Bonchev–Trinajstić information content (AvgIpc) is 2.69. The van der Waals surface area contributed by atoms with E-state index in [9.17, 15) is 10.1 Å². The fraction of sp³-hybridized carbons (Fsp3) is 0.435. The number of benzene rings is 1. The lowest BCUT2D eigenvalue weighted by molar-refractivity contribution is 0.550. The average molecular weight is 374 g/mol. The quantitative estimate of drug-likeness (QED) is 0.771. The van der Waals surface area contributed by atoms with Gasteiger partial charge in [-0.05, 0) is 51.7 Å². The largest absolute Gasteiger partial charge is 0.342 e. The minimum Gasteiger partial charge on any atom is -0.342 e. The van der Waals surface area contributed by atoms with Gasteiger partial charge in [-0.1, -0.05) is 30.0 Å². The fourth-order valence-corrected chi connectivity index (χ4v) is 3.25. The molecule has 0 amide bonds. The van der Waals surface area contributed by atoms with E-state index in [1.165, 1.54) is 6.42 Å². The second-order valence-corrected chi connectivity index (χ2v) is 8.18. The summed E-state index contributed by atoms with van der Waals surface area (Å²) in [4.78, 5) is 20.1. The van der Waals surface area contributed by atoms with Crippen molar-refractivity contribution in [1.82, 2.24) is 9.55 Å². The highest BCUT2D eigenvalue weighted by Gasteiger charge is 2.19. The minimum atomic E-state index is -0.198. The molecule has 0 atom stereocenters. The maximum Gasteiger partial charge on any atom is 0.270 e. The van der Waals surface area contributed by atoms with E-state index in [2.05, 4.69) is 27.8 Å². The number of nitriles is 1. The molecule has 0 bridgehead atoms. The van der Waals surface area contributed by atoms with Crippen LogP contribution >= 0.6 is 0 Å². The molecule has 1 fully saturated rings. The Morgan fingerprint density at radius 3 is 2.50 bits per heavy atom. The lowest BCUT2D eigenvalue weighted by atomic mass is 9.98. The summed E-state index contributed by atoms with van der Waals surface area (Å²) in [5, 5.41) is 9.43. The summed E-state index contributed by atoms with van der Waals surface area (Å²) in [6.07, 6.45) is 4.98. The Labute approximate surface area is 166 Å². The summed E-state index contributed by atoms with van der Waals surface area (Å²) < 4.78 is 1.67. The summed E-state index contributed by atoms with van der Waals surface area (Å²) in [5.74, 6) is 6.80. The molecule has 144 valence electrons. The van der Waals surface area contributed by atoms with Crippen molar-refractivity contribution in [3.63, 3.8) is 0 Å². The number of hydrogen-bond acceptors (Lipinski definition) is 4. The maximum atomic E-state index is 13.3. The van der Waals surface area contributed by atoms with Crippen LogP contribution in [0.4, 0.5) is 5.95 Å². The van der Waals surface area contributed by atoms with Gasteiger partial charge in [-0.2, -0.15) is 5.26 Å². The molecule has 1 aliphatic heterocycles. The van der Waals surface area contributed by atoms with Crippen LogP contribution in [0.5, 0.6) is 0 Å². The van der Waals surface area contributed by atoms with Crippen molar-refractivity contribution in [2.45, 2.75) is 46.6 Å². The second kappa shape index (κ2) is 8.31. The normalized spacial score (nSPS) is 14.1. The van der Waals surface area contributed by atoms with Gasteiger partial charge in [-0.3, -0.25) is 9.36 Å². The predicted octanol–water partition coefficient (Wildman–Crippen LogP) is 3.55. The number of aromatic nitrogens is 2. The van der Waals surface area contributed by atoms with Gasteiger partial charge in [0.2, 0.25) is 5.95 Å². The van der Waals surface area contributed by atoms with Crippen LogP contribution in [0.2, 0.25) is 0 Å². The predicted molar refractivity (Wildman–Crippen MR) is 111 cm³/mol. The number of nitrogens with zero attached hydrogens (tertiary/aromatic N) is 4. The standard InChI is InChI=1S/C23H26N4O/c1-23(2,3)12-11-19-16-25-22(26-13-7-4-8-14-26)27(21(19)28)17-20-10-6-5-9-18(20)15-24/h5-6,9-10,16H,4,7-8,13-14,17H2,1-3H3. The van der Waals surface area contributed by atoms with Gasteiger partial charge in [0.05, 0.1) is 24.4 Å². The molecule has 5 nitrogen and oxygen atoms in total. The lowest BCUT2D eigenvalue weighted by Crippen LogP contribution is -2.37. The number of rotatable bonds is 3. The van der Waals surface area contributed by atoms with Crippen LogP contribution in [0.3, 0.4) is 0 Å². The van der Waals surface area contributed by atoms with Gasteiger partial charge in [-0.25, -0.2) is 4.98 Å². The Kier molecular flexibility index (Phi) is 5.85. The molecule has 1 aromatic heterocycles. The second-order valence-electron chi connectivity index (χ2n) is 8.18. The van der Waals surface area contributed by atoms with E-state index < -0.39 is 0 Å². The first-order chi connectivity index (χ1) is 13.4. The molecule has 1 saturated heterocycles. The van der Waals surface area contributed by atoms with Crippen molar-refractivity contribution in [2.75, 3.05) is 18.0 Å². The highest BCUT2D eigenvalue weighted by molar-refractivity contribution is 5.42. The SMILES string of the molecule is CC(C)(C)C#Cc1cnc(N2CCCCC2)n(Cc2ccccc2C#N)c1=O. The molecule has 0 N–H and O–H groups in total. The van der Waals surface area contributed by atoms with Crippen molar-refractivity contribution in [3.05, 3.63) is 57.5 Å². The van der Waals surface area contributed by atoms with Crippen molar-refractivity contribution in [2.24, 2.45) is 5.41 Å². The van der Waals surface area contributed by atoms with E-state index in [-0.39, 0.29) is 11.0 Å². The molecule has 0 aliphatic carbocycles. The van der Waals surface area contributed by atoms with Crippen LogP contribution in [0.25, 0.3) is 0 Å². The summed E-state index contributed by atoms with van der Waals surface area (Å²) in [5.41, 5.74) is 1.43.